The van der Waals surface area contributed by atoms with Crippen molar-refractivity contribution in [3.63, 3.8) is 0 Å². The highest BCUT2D eigenvalue weighted by Crippen LogP contribution is 2.23. The molecule has 0 bridgehead atoms. The molecule has 37 heavy (non-hydrogen) atoms. The van der Waals surface area contributed by atoms with Crippen LogP contribution >= 0.6 is 11.6 Å². The summed E-state index contributed by atoms with van der Waals surface area (Å²) in [4.78, 5) is 47.6. The smallest absolute Gasteiger partial charge is 0.375 e. The Labute approximate surface area is 216 Å². The molecule has 2 aromatic heterocycles. The molecule has 0 aliphatic carbocycles. The van der Waals surface area contributed by atoms with Gasteiger partial charge in [-0.3, -0.25) is 19.5 Å². The van der Waals surface area contributed by atoms with Crippen molar-refractivity contribution in [2.24, 2.45) is 0 Å². The summed E-state index contributed by atoms with van der Waals surface area (Å²) in [6.07, 6.45) is 0.652. The fraction of sp³-hybridized carbons (Fsp3) is 0.160. The van der Waals surface area contributed by atoms with Gasteiger partial charge in [0.2, 0.25) is 11.8 Å². The number of rotatable bonds is 6. The molecular weight excluding hydrogens is 498 g/mol. The molecule has 11 nitrogen and oxygen atoms in total. The molecule has 1 fully saturated rings. The van der Waals surface area contributed by atoms with E-state index in [1.807, 2.05) is 0 Å². The number of fused-ring (bicyclic) bond motifs is 1. The van der Waals surface area contributed by atoms with Crippen LogP contribution in [0, 0.1) is 0 Å². The lowest BCUT2D eigenvalue weighted by Crippen LogP contribution is -2.48. The summed E-state index contributed by atoms with van der Waals surface area (Å²) >= 11 is 5.85. The van der Waals surface area contributed by atoms with Gasteiger partial charge in [-0.05, 0) is 48.5 Å². The lowest BCUT2D eigenvalue weighted by atomic mass is 10.2. The van der Waals surface area contributed by atoms with E-state index >= 15 is 0 Å². The number of hydrogen-bond donors (Lipinski definition) is 3. The molecular formula is C25H22ClN7O4. The predicted octanol–water partition coefficient (Wildman–Crippen LogP) is 3.27. The van der Waals surface area contributed by atoms with Crippen molar-refractivity contribution in [1.29, 1.82) is 0 Å². The van der Waals surface area contributed by atoms with Gasteiger partial charge in [-0.15, -0.1) is 0 Å². The molecule has 3 heterocycles. The van der Waals surface area contributed by atoms with Crippen LogP contribution in [0.5, 0.6) is 6.01 Å². The fourth-order valence-electron chi connectivity index (χ4n) is 3.89. The lowest BCUT2D eigenvalue weighted by molar-refractivity contribution is -0.118. The van der Waals surface area contributed by atoms with Crippen molar-refractivity contribution in [2.75, 3.05) is 35.2 Å². The van der Waals surface area contributed by atoms with Crippen LogP contribution in [0.2, 0.25) is 5.02 Å². The van der Waals surface area contributed by atoms with Gasteiger partial charge in [0.1, 0.15) is 12.4 Å². The number of benzene rings is 2. The molecule has 3 amide bonds. The maximum absolute atomic E-state index is 12.7. The molecule has 0 radical (unpaired) electrons. The van der Waals surface area contributed by atoms with Crippen LogP contribution in [-0.2, 0) is 16.1 Å². The summed E-state index contributed by atoms with van der Waals surface area (Å²) in [6, 6.07) is 17.2. The number of carbonyl (C=O) groups excluding carboxylic acids is 3. The van der Waals surface area contributed by atoms with Crippen LogP contribution in [0.25, 0.3) is 11.0 Å². The summed E-state index contributed by atoms with van der Waals surface area (Å²) in [5.74, 6) is -0.0626. The van der Waals surface area contributed by atoms with Crippen molar-refractivity contribution in [3.8, 4) is 6.01 Å². The van der Waals surface area contributed by atoms with Crippen LogP contribution in [0.4, 0.5) is 22.0 Å². The highest BCUT2D eigenvalue weighted by molar-refractivity contribution is 6.30. The minimum absolute atomic E-state index is 0.0128. The third-order valence-electron chi connectivity index (χ3n) is 5.61. The number of anilines is 3. The van der Waals surface area contributed by atoms with Gasteiger partial charge in [0.25, 0.3) is 0 Å². The monoisotopic (exact) mass is 519 g/mol. The van der Waals surface area contributed by atoms with Gasteiger partial charge < -0.3 is 20.3 Å². The zero-order valence-electron chi connectivity index (χ0n) is 19.5. The molecule has 1 aliphatic rings. The normalized spacial score (nSPS) is 13.4. The van der Waals surface area contributed by atoms with Crippen molar-refractivity contribution < 1.29 is 19.1 Å². The van der Waals surface area contributed by atoms with Crippen LogP contribution in [-0.4, -0.2) is 52.1 Å². The zero-order chi connectivity index (χ0) is 25.8. The minimum Gasteiger partial charge on any atom is -0.375 e. The Balaban J connectivity index is 1.28. The molecule has 4 aromatic rings. The number of ether oxygens (including phenoxy) is 1. The molecule has 0 spiro atoms. The maximum Gasteiger partial charge on any atom is 0.419 e. The number of carbonyl (C=O) groups is 3. The zero-order valence-corrected chi connectivity index (χ0v) is 20.2. The Kier molecular flexibility index (Phi) is 6.97. The van der Waals surface area contributed by atoms with Gasteiger partial charge in [0, 0.05) is 30.7 Å². The van der Waals surface area contributed by atoms with Gasteiger partial charge >= 0.3 is 12.1 Å². The maximum atomic E-state index is 12.7. The number of piperazine rings is 1. The van der Waals surface area contributed by atoms with Crippen LogP contribution in [0.1, 0.15) is 0 Å². The molecule has 12 heteroatoms. The summed E-state index contributed by atoms with van der Waals surface area (Å²) < 4.78 is 6.98. The SMILES string of the molecule is O=C(Cn1c(OC(=O)Nc2ccc(N3CCNCC3=O)cc2)nc2ccccc21)Nc1ccc(Cl)cn1. The van der Waals surface area contributed by atoms with E-state index in [0.717, 1.165) is 5.69 Å². The van der Waals surface area contributed by atoms with Gasteiger partial charge in [0.05, 0.1) is 22.6 Å². The summed E-state index contributed by atoms with van der Waals surface area (Å²) in [6.45, 7) is 1.42. The summed E-state index contributed by atoms with van der Waals surface area (Å²) in [7, 11) is 0. The third kappa shape index (κ3) is 5.68. The number of amides is 3. The first-order chi connectivity index (χ1) is 18.0. The Hall–Kier alpha value is -4.48. The molecule has 0 atom stereocenters. The second-order valence-electron chi connectivity index (χ2n) is 8.16. The molecule has 2 aromatic carbocycles. The first-order valence-corrected chi connectivity index (χ1v) is 11.8. The van der Waals surface area contributed by atoms with Crippen LogP contribution < -0.4 is 25.6 Å². The molecule has 0 saturated carbocycles. The standard InChI is InChI=1S/C25H22ClN7O4/c26-16-5-10-21(28-13-16)31-22(34)15-33-20-4-2-1-3-19(20)30-24(33)37-25(36)29-17-6-8-18(9-7-17)32-12-11-27-14-23(32)35/h1-10,13,27H,11-12,14-15H2,(H,29,36)(H,28,31,34). The van der Waals surface area contributed by atoms with E-state index in [2.05, 4.69) is 25.9 Å². The molecule has 188 valence electrons. The average molecular weight is 520 g/mol. The first-order valence-electron chi connectivity index (χ1n) is 11.4. The van der Waals surface area contributed by atoms with E-state index in [1.165, 1.54) is 10.8 Å². The number of hydrogen-bond acceptors (Lipinski definition) is 7. The van der Waals surface area contributed by atoms with Gasteiger partial charge in [0.15, 0.2) is 0 Å². The molecule has 5 rings (SSSR count). The predicted molar refractivity (Wildman–Crippen MR) is 139 cm³/mol. The second kappa shape index (κ2) is 10.6. The van der Waals surface area contributed by atoms with Gasteiger partial charge in [-0.25, -0.2) is 9.78 Å². The first kappa shape index (κ1) is 24.2. The van der Waals surface area contributed by atoms with Crippen LogP contribution in [0.3, 0.4) is 0 Å². The quantitative estimate of drug-likeness (QED) is 0.356. The molecule has 1 saturated heterocycles. The van der Waals surface area contributed by atoms with E-state index in [0.29, 0.717) is 47.2 Å². The fourth-order valence-corrected chi connectivity index (χ4v) is 4.00. The summed E-state index contributed by atoms with van der Waals surface area (Å²) in [5, 5.41) is 8.81. The molecule has 3 N–H and O–H groups in total. The van der Waals surface area contributed by atoms with E-state index in [-0.39, 0.29) is 24.4 Å². The molecule has 1 aliphatic heterocycles. The van der Waals surface area contributed by atoms with E-state index in [4.69, 9.17) is 16.3 Å². The van der Waals surface area contributed by atoms with Crippen molar-refractivity contribution in [1.82, 2.24) is 19.9 Å². The third-order valence-corrected chi connectivity index (χ3v) is 5.84. The number of imidazole rings is 1. The highest BCUT2D eigenvalue weighted by Gasteiger charge is 2.20. The van der Waals surface area contributed by atoms with Crippen molar-refractivity contribution >= 4 is 57.7 Å². The second-order valence-corrected chi connectivity index (χ2v) is 8.60. The van der Waals surface area contributed by atoms with E-state index in [9.17, 15) is 14.4 Å². The van der Waals surface area contributed by atoms with Crippen LogP contribution in [0.15, 0.2) is 66.9 Å². The largest absolute Gasteiger partial charge is 0.419 e. The summed E-state index contributed by atoms with van der Waals surface area (Å²) in [5.41, 5.74) is 2.40. The Bertz CT molecular complexity index is 1450. The lowest BCUT2D eigenvalue weighted by Gasteiger charge is -2.27. The Morgan fingerprint density at radius 1 is 1.05 bits per heavy atom. The number of nitrogens with one attached hydrogen (secondary N) is 3. The van der Waals surface area contributed by atoms with Gasteiger partial charge in [-0.1, -0.05) is 23.7 Å². The number of halogens is 1. The number of para-hydroxylation sites is 2. The molecule has 0 unspecified atom stereocenters. The number of pyridine rings is 1. The highest BCUT2D eigenvalue weighted by atomic mass is 35.5. The Morgan fingerprint density at radius 3 is 2.62 bits per heavy atom. The number of aromatic nitrogens is 3. The average Bonchev–Trinajstić information content (AvgIpc) is 3.22. The van der Waals surface area contributed by atoms with Crippen molar-refractivity contribution in [3.05, 3.63) is 71.9 Å². The van der Waals surface area contributed by atoms with E-state index < -0.39 is 6.09 Å². The minimum atomic E-state index is -0.776. The van der Waals surface area contributed by atoms with Crippen molar-refractivity contribution in [2.45, 2.75) is 6.54 Å². The Morgan fingerprint density at radius 2 is 1.86 bits per heavy atom. The van der Waals surface area contributed by atoms with Gasteiger partial charge in [-0.2, -0.15) is 4.98 Å². The number of nitrogens with zero attached hydrogens (tertiary/aromatic N) is 4. The van der Waals surface area contributed by atoms with E-state index in [1.54, 1.807) is 65.6 Å². The topological polar surface area (TPSA) is 130 Å².